The molecule has 0 saturated heterocycles. The van der Waals surface area contributed by atoms with E-state index in [4.69, 9.17) is 5.73 Å². The van der Waals surface area contributed by atoms with E-state index in [-0.39, 0.29) is 0 Å². The molecule has 3 heteroatoms. The van der Waals surface area contributed by atoms with Crippen molar-refractivity contribution < 1.29 is 0 Å². The van der Waals surface area contributed by atoms with Crippen LogP contribution in [0.15, 0.2) is 18.5 Å². The van der Waals surface area contributed by atoms with Gasteiger partial charge < -0.3 is 5.73 Å². The number of likely N-dealkylation sites (N-methyl/N-ethyl adjacent to an activating group) is 1. The first kappa shape index (κ1) is 14.1. The number of nitrogens with two attached hydrogens (primary N) is 1. The first-order chi connectivity index (χ1) is 8.24. The van der Waals surface area contributed by atoms with Crippen molar-refractivity contribution in [3.8, 4) is 0 Å². The molecule has 1 aromatic rings. The van der Waals surface area contributed by atoms with Crippen LogP contribution in [0.1, 0.15) is 43.9 Å². The number of unbranched alkanes of at least 4 members (excludes halogenated alkanes) is 1. The molecule has 0 amide bonds. The molecule has 1 atom stereocenters. The summed E-state index contributed by atoms with van der Waals surface area (Å²) in [5, 5.41) is 0. The van der Waals surface area contributed by atoms with Crippen molar-refractivity contribution in [2.45, 2.75) is 39.7 Å². The molecule has 1 unspecified atom stereocenters. The van der Waals surface area contributed by atoms with Gasteiger partial charge in [0, 0.05) is 25.0 Å². The topological polar surface area (TPSA) is 42.1 Å². The summed E-state index contributed by atoms with van der Waals surface area (Å²) >= 11 is 0. The molecule has 2 N–H and O–H groups in total. The lowest BCUT2D eigenvalue weighted by Gasteiger charge is -2.30. The molecule has 0 radical (unpaired) electrons. The summed E-state index contributed by atoms with van der Waals surface area (Å²) < 4.78 is 0. The smallest absolute Gasteiger partial charge is 0.0488 e. The normalized spacial score (nSPS) is 13.0. The zero-order valence-corrected chi connectivity index (χ0v) is 11.3. The van der Waals surface area contributed by atoms with Gasteiger partial charge in [-0.3, -0.25) is 9.88 Å². The van der Waals surface area contributed by atoms with E-state index >= 15 is 0 Å². The van der Waals surface area contributed by atoms with Crippen LogP contribution in [0.3, 0.4) is 0 Å². The monoisotopic (exact) mass is 235 g/mol. The van der Waals surface area contributed by atoms with E-state index in [9.17, 15) is 0 Å². The maximum Gasteiger partial charge on any atom is 0.0488 e. The van der Waals surface area contributed by atoms with Gasteiger partial charge in [0.2, 0.25) is 0 Å². The zero-order valence-electron chi connectivity index (χ0n) is 11.3. The number of rotatable bonds is 7. The van der Waals surface area contributed by atoms with E-state index in [1.807, 2.05) is 12.4 Å². The fourth-order valence-electron chi connectivity index (χ4n) is 2.19. The van der Waals surface area contributed by atoms with Gasteiger partial charge >= 0.3 is 0 Å². The average Bonchev–Trinajstić information content (AvgIpc) is 2.36. The van der Waals surface area contributed by atoms with Gasteiger partial charge in [0.05, 0.1) is 0 Å². The Morgan fingerprint density at radius 3 is 2.71 bits per heavy atom. The molecule has 3 nitrogen and oxygen atoms in total. The third-order valence-corrected chi connectivity index (χ3v) is 3.31. The van der Waals surface area contributed by atoms with Crippen molar-refractivity contribution in [2.75, 3.05) is 19.6 Å². The minimum absolute atomic E-state index is 0.306. The standard InChI is InChI=1S/C14H25N3/c1-4-6-9-17(5-2)14(10-15)13-11-16-8-7-12(13)3/h7-8,11,14H,4-6,9-10,15H2,1-3H3. The largest absolute Gasteiger partial charge is 0.329 e. The highest BCUT2D eigenvalue weighted by atomic mass is 15.2. The molecule has 0 aromatic carbocycles. The molecule has 0 aliphatic rings. The Morgan fingerprint density at radius 1 is 1.41 bits per heavy atom. The first-order valence-electron chi connectivity index (χ1n) is 6.59. The van der Waals surface area contributed by atoms with Crippen LogP contribution in [0.2, 0.25) is 0 Å². The Kier molecular flexibility index (Phi) is 6.16. The highest BCUT2D eigenvalue weighted by molar-refractivity contribution is 5.25. The quantitative estimate of drug-likeness (QED) is 0.789. The van der Waals surface area contributed by atoms with E-state index in [0.29, 0.717) is 12.6 Å². The van der Waals surface area contributed by atoms with Crippen molar-refractivity contribution in [3.05, 3.63) is 29.6 Å². The first-order valence-corrected chi connectivity index (χ1v) is 6.59. The number of hydrogen-bond donors (Lipinski definition) is 1. The fourth-order valence-corrected chi connectivity index (χ4v) is 2.19. The van der Waals surface area contributed by atoms with Gasteiger partial charge in [0.1, 0.15) is 0 Å². The van der Waals surface area contributed by atoms with Gasteiger partial charge in [-0.15, -0.1) is 0 Å². The molecular formula is C14H25N3. The van der Waals surface area contributed by atoms with Gasteiger partial charge in [-0.05, 0) is 43.6 Å². The molecular weight excluding hydrogens is 210 g/mol. The predicted molar refractivity (Wildman–Crippen MR) is 72.9 cm³/mol. The second-order valence-electron chi connectivity index (χ2n) is 4.47. The van der Waals surface area contributed by atoms with Crippen molar-refractivity contribution in [1.82, 2.24) is 9.88 Å². The van der Waals surface area contributed by atoms with Gasteiger partial charge in [-0.25, -0.2) is 0 Å². The summed E-state index contributed by atoms with van der Waals surface area (Å²) in [6.45, 7) is 9.36. The van der Waals surface area contributed by atoms with Crippen LogP contribution in [-0.2, 0) is 0 Å². The fraction of sp³-hybridized carbons (Fsp3) is 0.643. The molecule has 0 aliphatic heterocycles. The molecule has 1 aromatic heterocycles. The second kappa shape index (κ2) is 7.41. The summed E-state index contributed by atoms with van der Waals surface area (Å²) in [5.41, 5.74) is 8.51. The minimum atomic E-state index is 0.306. The lowest BCUT2D eigenvalue weighted by Crippen LogP contribution is -2.35. The predicted octanol–water partition coefficient (Wildman–Crippen LogP) is 2.51. The van der Waals surface area contributed by atoms with Crippen LogP contribution >= 0.6 is 0 Å². The van der Waals surface area contributed by atoms with Crippen LogP contribution in [0.5, 0.6) is 0 Å². The molecule has 96 valence electrons. The molecule has 1 rings (SSSR count). The van der Waals surface area contributed by atoms with Crippen molar-refractivity contribution in [3.63, 3.8) is 0 Å². The SMILES string of the molecule is CCCCN(CC)C(CN)c1cnccc1C. The van der Waals surface area contributed by atoms with Crippen LogP contribution in [0, 0.1) is 6.92 Å². The van der Waals surface area contributed by atoms with Crippen LogP contribution in [-0.4, -0.2) is 29.5 Å². The lowest BCUT2D eigenvalue weighted by molar-refractivity contribution is 0.208. The van der Waals surface area contributed by atoms with Gasteiger partial charge in [0.25, 0.3) is 0 Å². The highest BCUT2D eigenvalue weighted by Crippen LogP contribution is 2.22. The molecule has 17 heavy (non-hydrogen) atoms. The Balaban J connectivity index is 2.85. The maximum atomic E-state index is 5.95. The van der Waals surface area contributed by atoms with Crippen LogP contribution < -0.4 is 5.73 Å². The van der Waals surface area contributed by atoms with Crippen LogP contribution in [0.25, 0.3) is 0 Å². The third kappa shape index (κ3) is 3.79. The number of pyridine rings is 1. The second-order valence-corrected chi connectivity index (χ2v) is 4.47. The lowest BCUT2D eigenvalue weighted by atomic mass is 10.0. The zero-order chi connectivity index (χ0) is 12.7. The molecule has 0 aliphatic carbocycles. The van der Waals surface area contributed by atoms with E-state index in [1.54, 1.807) is 0 Å². The summed E-state index contributed by atoms with van der Waals surface area (Å²) in [6, 6.07) is 2.37. The molecule has 0 bridgehead atoms. The maximum absolute atomic E-state index is 5.95. The molecule has 0 saturated carbocycles. The molecule has 0 spiro atoms. The summed E-state index contributed by atoms with van der Waals surface area (Å²) in [6.07, 6.45) is 6.25. The van der Waals surface area contributed by atoms with Crippen molar-refractivity contribution in [1.29, 1.82) is 0 Å². The Labute approximate surface area is 105 Å². The van der Waals surface area contributed by atoms with E-state index in [2.05, 4.69) is 36.7 Å². The van der Waals surface area contributed by atoms with Gasteiger partial charge in [0.15, 0.2) is 0 Å². The van der Waals surface area contributed by atoms with Crippen molar-refractivity contribution >= 4 is 0 Å². The Bertz CT molecular complexity index is 325. The van der Waals surface area contributed by atoms with Crippen molar-refractivity contribution in [2.24, 2.45) is 5.73 Å². The number of aromatic nitrogens is 1. The van der Waals surface area contributed by atoms with E-state index < -0.39 is 0 Å². The van der Waals surface area contributed by atoms with E-state index in [0.717, 1.165) is 13.1 Å². The highest BCUT2D eigenvalue weighted by Gasteiger charge is 2.18. The average molecular weight is 235 g/mol. The Hall–Kier alpha value is -0.930. The minimum Gasteiger partial charge on any atom is -0.329 e. The molecule has 1 heterocycles. The third-order valence-electron chi connectivity index (χ3n) is 3.31. The summed E-state index contributed by atoms with van der Waals surface area (Å²) in [4.78, 5) is 6.68. The number of hydrogen-bond acceptors (Lipinski definition) is 3. The Morgan fingerprint density at radius 2 is 2.18 bits per heavy atom. The van der Waals surface area contributed by atoms with Gasteiger partial charge in [-0.1, -0.05) is 20.3 Å². The molecule has 0 fully saturated rings. The van der Waals surface area contributed by atoms with Gasteiger partial charge in [-0.2, -0.15) is 0 Å². The van der Waals surface area contributed by atoms with E-state index in [1.165, 1.54) is 24.0 Å². The number of aryl methyl sites for hydroxylation is 1. The summed E-state index contributed by atoms with van der Waals surface area (Å²) in [5.74, 6) is 0. The number of nitrogens with zero attached hydrogens (tertiary/aromatic N) is 2. The summed E-state index contributed by atoms with van der Waals surface area (Å²) in [7, 11) is 0. The van der Waals surface area contributed by atoms with Crippen LogP contribution in [0.4, 0.5) is 0 Å².